The van der Waals surface area contributed by atoms with E-state index in [9.17, 15) is 60.7 Å². The molecule has 2 saturated heterocycles. The zero-order valence-corrected chi connectivity index (χ0v) is 37.3. The van der Waals surface area contributed by atoms with Gasteiger partial charge in [0.15, 0.2) is 12.1 Å². The number of esters is 1. The third kappa shape index (κ3) is 18.5. The molecule has 17 heteroatoms. The second kappa shape index (κ2) is 27.3. The van der Waals surface area contributed by atoms with Gasteiger partial charge in [0.1, 0.15) is 18.1 Å². The quantitative estimate of drug-likeness (QED) is 0.142. The molecule has 3 rings (SSSR count). The van der Waals surface area contributed by atoms with Crippen LogP contribution in [-0.4, -0.2) is 154 Å². The Balaban J connectivity index is 1.84. The van der Waals surface area contributed by atoms with Crippen LogP contribution in [0, 0.1) is 17.8 Å². The number of aliphatic hydroxyl groups excluding tert-OH is 8. The van der Waals surface area contributed by atoms with Gasteiger partial charge in [0, 0.05) is 43.9 Å². The fourth-order valence-corrected chi connectivity index (χ4v) is 7.86. The Morgan fingerprint density at radius 2 is 1.34 bits per heavy atom. The first kappa shape index (κ1) is 54.9. The summed E-state index contributed by atoms with van der Waals surface area (Å²) in [6.45, 7) is 6.84. The van der Waals surface area contributed by atoms with Crippen LogP contribution in [0.5, 0.6) is 0 Å². The third-order valence-electron chi connectivity index (χ3n) is 11.8. The van der Waals surface area contributed by atoms with E-state index in [1.54, 1.807) is 51.2 Å². The van der Waals surface area contributed by atoms with Crippen LogP contribution in [-0.2, 0) is 28.5 Å². The van der Waals surface area contributed by atoms with Crippen LogP contribution < -0.4 is 5.73 Å². The van der Waals surface area contributed by atoms with E-state index in [0.717, 1.165) is 12.8 Å². The molecule has 1 unspecified atom stereocenters. The molecular weight excluding hydrogens is 835 g/mol. The van der Waals surface area contributed by atoms with Gasteiger partial charge in [-0.2, -0.15) is 0 Å². The number of nitrogens with two attached hydrogens (primary N) is 1. The molecule has 0 spiro atoms. The lowest BCUT2D eigenvalue weighted by atomic mass is 9.83. The summed E-state index contributed by atoms with van der Waals surface area (Å²) in [7, 11) is 0. The number of carboxylic acids is 1. The molecule has 3 heterocycles. The van der Waals surface area contributed by atoms with E-state index < -0.39 is 128 Å². The lowest BCUT2D eigenvalue weighted by Crippen LogP contribution is -2.61. The molecule has 2 bridgehead atoms. The van der Waals surface area contributed by atoms with E-state index in [-0.39, 0.29) is 38.0 Å². The summed E-state index contributed by atoms with van der Waals surface area (Å²) < 4.78 is 23.2. The van der Waals surface area contributed by atoms with Crippen molar-refractivity contribution in [2.45, 2.75) is 177 Å². The van der Waals surface area contributed by atoms with Crippen molar-refractivity contribution in [3.05, 3.63) is 85.1 Å². The summed E-state index contributed by atoms with van der Waals surface area (Å²) >= 11 is 0. The Bertz CT molecular complexity index is 1630. The second-order valence-corrected chi connectivity index (χ2v) is 17.4. The molecule has 0 amide bonds. The van der Waals surface area contributed by atoms with Gasteiger partial charge in [0.2, 0.25) is 0 Å². The molecule has 0 aromatic rings. The van der Waals surface area contributed by atoms with Crippen LogP contribution in [0.1, 0.15) is 85.5 Å². The van der Waals surface area contributed by atoms with Crippen molar-refractivity contribution >= 4 is 11.9 Å². The van der Waals surface area contributed by atoms with Crippen LogP contribution in [0.25, 0.3) is 0 Å². The normalized spacial score (nSPS) is 44.8. The third-order valence-corrected chi connectivity index (χ3v) is 11.8. The number of hydrogen-bond donors (Lipinski definition) is 11. The molecule has 18 atom stereocenters. The maximum atomic E-state index is 12.6. The Labute approximate surface area is 376 Å². The number of hydrogen-bond acceptors (Lipinski definition) is 16. The van der Waals surface area contributed by atoms with E-state index in [1.165, 1.54) is 12.2 Å². The summed E-state index contributed by atoms with van der Waals surface area (Å²) in [4.78, 5) is 25.0. The molecule has 64 heavy (non-hydrogen) atoms. The number of carboxylic acid groups (broad SMARTS) is 1. The van der Waals surface area contributed by atoms with Gasteiger partial charge in [-0.25, -0.2) is 0 Å². The number of cyclic esters (lactones) is 1. The lowest BCUT2D eigenvalue weighted by Gasteiger charge is -2.45. The van der Waals surface area contributed by atoms with Gasteiger partial charge >= 0.3 is 11.9 Å². The van der Waals surface area contributed by atoms with E-state index >= 15 is 0 Å². The molecule has 0 aromatic heterocycles. The number of aliphatic carboxylic acids is 1. The average molecular weight is 908 g/mol. The Morgan fingerprint density at radius 1 is 0.719 bits per heavy atom. The van der Waals surface area contributed by atoms with E-state index in [2.05, 4.69) is 0 Å². The van der Waals surface area contributed by atoms with E-state index in [1.807, 2.05) is 49.5 Å². The molecule has 3 aliphatic heterocycles. The van der Waals surface area contributed by atoms with Crippen LogP contribution in [0.2, 0.25) is 0 Å². The molecule has 0 aromatic carbocycles. The standard InChI is InChI=1S/C47H73NO16/c1-28-18-15-13-11-9-7-5-6-8-10-12-14-16-21-36(63-46-44(57)41(48)43(56)31(4)62-46)25-38-40(45(58)59)37(53)27-47(60,64-38)26-35(52)23-33(50)20-17-19-32(49)22-34(51)24-39(54)61-30(3)29(2)42(28)55/h5-6,8,10-18,20-21,28-38,40-44,46,49-53,55-57,60H,7,9,19,22-27,48H2,1-4H3,(H,58,59)/b6-5+,10-8+,13-11+,14-12+,18-15+,20-17+,21-16+/t28-,29-,30-,31-,32+,33-,34+,35-,36-,37-,38-,40?,41-,42+,43+,44-,46-,47+/m0/s1. The molecule has 0 aliphatic carbocycles. The molecule has 12 N–H and O–H groups in total. The van der Waals surface area contributed by atoms with Crippen molar-refractivity contribution in [1.82, 2.24) is 0 Å². The number of fused-ring (bicyclic) bond motifs is 2. The Hall–Kier alpha value is -3.40. The highest BCUT2D eigenvalue weighted by molar-refractivity contribution is 5.71. The summed E-state index contributed by atoms with van der Waals surface area (Å²) in [5, 5.41) is 107. The average Bonchev–Trinajstić information content (AvgIpc) is 3.20. The minimum Gasteiger partial charge on any atom is -0.481 e. The number of allylic oxidation sites excluding steroid dienone is 10. The number of ether oxygens (including phenoxy) is 4. The molecule has 2 fully saturated rings. The predicted molar refractivity (Wildman–Crippen MR) is 236 cm³/mol. The van der Waals surface area contributed by atoms with Crippen LogP contribution in [0.15, 0.2) is 85.1 Å². The summed E-state index contributed by atoms with van der Waals surface area (Å²) in [5.74, 6) is -6.57. The van der Waals surface area contributed by atoms with E-state index in [4.69, 9.17) is 24.7 Å². The highest BCUT2D eigenvalue weighted by Gasteiger charge is 2.51. The lowest BCUT2D eigenvalue weighted by molar-refractivity contribution is -0.308. The van der Waals surface area contributed by atoms with Gasteiger partial charge < -0.3 is 75.7 Å². The van der Waals surface area contributed by atoms with E-state index in [0.29, 0.717) is 0 Å². The Morgan fingerprint density at radius 3 is 2.02 bits per heavy atom. The zero-order chi connectivity index (χ0) is 47.6. The monoisotopic (exact) mass is 907 g/mol. The molecular formula is C47H73NO16. The van der Waals surface area contributed by atoms with Crippen LogP contribution in [0.4, 0.5) is 0 Å². The van der Waals surface area contributed by atoms with Crippen molar-refractivity contribution in [3.63, 3.8) is 0 Å². The van der Waals surface area contributed by atoms with Crippen molar-refractivity contribution in [3.8, 4) is 0 Å². The maximum Gasteiger partial charge on any atom is 0.311 e. The Kier molecular flexibility index (Phi) is 23.4. The van der Waals surface area contributed by atoms with Crippen molar-refractivity contribution in [2.24, 2.45) is 23.5 Å². The summed E-state index contributed by atoms with van der Waals surface area (Å²) in [6.07, 6.45) is 8.11. The van der Waals surface area contributed by atoms with Crippen LogP contribution in [0.3, 0.4) is 0 Å². The predicted octanol–water partition coefficient (Wildman–Crippen LogP) is 1.74. The number of carbonyl (C=O) groups is 2. The summed E-state index contributed by atoms with van der Waals surface area (Å²) in [5.41, 5.74) is 6.02. The first-order valence-electron chi connectivity index (χ1n) is 22.2. The number of carbonyl (C=O) groups excluding carboxylic acids is 1. The SMILES string of the molecule is C[C@@H]1[C@H](O)[C@@H](C)/C=C/C=C/CC/C=C/C=C/C=C/C=C/[C@H](O[C@@H]2O[C@@H](C)[C@@H](O)[C@H](N)[C@@H]2O)C[C@@H]2O[C@](O)(C[C@@H](O)C[C@@H](O)/C=C/C[C@@H](O)C[C@@H](O)CC(=O)O[C@H]1C)C[C@H](O)C2C(=O)O. The molecule has 0 radical (unpaired) electrons. The maximum absolute atomic E-state index is 12.6. The largest absolute Gasteiger partial charge is 0.481 e. The molecule has 0 saturated carbocycles. The van der Waals surface area contributed by atoms with Gasteiger partial charge in [-0.15, -0.1) is 0 Å². The fraction of sp³-hybridized carbons (Fsp3) is 0.660. The minimum atomic E-state index is -2.25. The van der Waals surface area contributed by atoms with Gasteiger partial charge in [0.25, 0.3) is 0 Å². The number of aliphatic hydroxyl groups is 9. The molecule has 17 nitrogen and oxygen atoms in total. The smallest absolute Gasteiger partial charge is 0.311 e. The molecule has 362 valence electrons. The topological polar surface area (TPSA) is 299 Å². The fourth-order valence-electron chi connectivity index (χ4n) is 7.86. The highest BCUT2D eigenvalue weighted by Crippen LogP contribution is 2.38. The van der Waals surface area contributed by atoms with Crippen LogP contribution >= 0.6 is 0 Å². The summed E-state index contributed by atoms with van der Waals surface area (Å²) in [6, 6.07) is -1.13. The zero-order valence-electron chi connectivity index (χ0n) is 37.3. The second-order valence-electron chi connectivity index (χ2n) is 17.4. The van der Waals surface area contributed by atoms with Gasteiger partial charge in [-0.1, -0.05) is 98.9 Å². The van der Waals surface area contributed by atoms with Gasteiger partial charge in [-0.05, 0) is 33.1 Å². The molecule has 3 aliphatic rings. The van der Waals surface area contributed by atoms with Crippen molar-refractivity contribution < 1.29 is 79.6 Å². The van der Waals surface area contributed by atoms with Gasteiger partial charge in [-0.3, -0.25) is 9.59 Å². The first-order valence-corrected chi connectivity index (χ1v) is 22.2. The van der Waals surface area contributed by atoms with Crippen molar-refractivity contribution in [1.29, 1.82) is 0 Å². The highest BCUT2D eigenvalue weighted by atomic mass is 16.7. The first-order chi connectivity index (χ1) is 30.2. The number of rotatable bonds is 3. The minimum absolute atomic E-state index is 0.0213. The van der Waals surface area contributed by atoms with Gasteiger partial charge in [0.05, 0.1) is 73.5 Å². The van der Waals surface area contributed by atoms with Crippen molar-refractivity contribution in [2.75, 3.05) is 0 Å².